The lowest BCUT2D eigenvalue weighted by Gasteiger charge is -2.37. The molecule has 0 aliphatic carbocycles. The first-order chi connectivity index (χ1) is 9.29. The number of fused-ring (bicyclic) bond motifs is 1. The van der Waals surface area contributed by atoms with E-state index in [1.165, 1.54) is 16.7 Å². The maximum Gasteiger partial charge on any atom is 0.0604 e. The van der Waals surface area contributed by atoms with Gasteiger partial charge in [0.2, 0.25) is 0 Å². The van der Waals surface area contributed by atoms with Crippen LogP contribution in [-0.2, 0) is 6.42 Å². The van der Waals surface area contributed by atoms with Gasteiger partial charge in [-0.2, -0.15) is 0 Å². The average Bonchev–Trinajstić information content (AvgIpc) is 2.47. The van der Waals surface area contributed by atoms with Crippen LogP contribution in [0.3, 0.4) is 0 Å². The van der Waals surface area contributed by atoms with Gasteiger partial charge in [0, 0.05) is 11.6 Å². The van der Waals surface area contributed by atoms with E-state index in [0.29, 0.717) is 6.04 Å². The molecule has 0 spiro atoms. The van der Waals surface area contributed by atoms with Gasteiger partial charge in [-0.25, -0.2) is 0 Å². The van der Waals surface area contributed by atoms with Crippen LogP contribution < -0.4 is 0 Å². The summed E-state index contributed by atoms with van der Waals surface area (Å²) in [4.78, 5) is 2.53. The first-order valence-corrected chi connectivity index (χ1v) is 7.24. The second-order valence-electron chi connectivity index (χ2n) is 5.03. The van der Waals surface area contributed by atoms with Gasteiger partial charge in [-0.3, -0.25) is 4.90 Å². The Labute approximate surface area is 119 Å². The van der Waals surface area contributed by atoms with Crippen molar-refractivity contribution in [3.8, 4) is 0 Å². The summed E-state index contributed by atoms with van der Waals surface area (Å²) in [7, 11) is 0. The van der Waals surface area contributed by atoms with Crippen molar-refractivity contribution in [1.82, 2.24) is 4.90 Å². The minimum Gasteiger partial charge on any atom is -0.292 e. The van der Waals surface area contributed by atoms with Crippen molar-refractivity contribution in [2.24, 2.45) is 0 Å². The predicted octanol–water partition coefficient (Wildman–Crippen LogP) is 4.31. The molecule has 0 aromatic heterocycles. The molecule has 1 atom stereocenters. The maximum atomic E-state index is 6.01. The lowest BCUT2D eigenvalue weighted by molar-refractivity contribution is 0.225. The Morgan fingerprint density at radius 3 is 2.58 bits per heavy atom. The third kappa shape index (κ3) is 2.41. The molecule has 1 aliphatic heterocycles. The molecule has 2 aromatic rings. The number of benzene rings is 2. The minimum atomic E-state index is 0.368. The molecule has 3 rings (SSSR count). The Morgan fingerprint density at radius 2 is 1.84 bits per heavy atom. The van der Waals surface area contributed by atoms with E-state index in [0.717, 1.165) is 24.5 Å². The van der Waals surface area contributed by atoms with E-state index in [4.69, 9.17) is 11.6 Å². The van der Waals surface area contributed by atoms with E-state index in [9.17, 15) is 0 Å². The SMILES string of the molecule is CCN1CCc2ccccc2C1c1ccc(Cl)cc1. The minimum absolute atomic E-state index is 0.368. The summed E-state index contributed by atoms with van der Waals surface area (Å²) in [6.07, 6.45) is 1.15. The molecule has 1 heterocycles. The van der Waals surface area contributed by atoms with Crippen LogP contribution in [0.2, 0.25) is 5.02 Å². The van der Waals surface area contributed by atoms with Crippen molar-refractivity contribution in [3.05, 3.63) is 70.2 Å². The van der Waals surface area contributed by atoms with Gasteiger partial charge in [-0.1, -0.05) is 54.9 Å². The molecule has 0 fully saturated rings. The summed E-state index contributed by atoms with van der Waals surface area (Å²) < 4.78 is 0. The number of halogens is 1. The van der Waals surface area contributed by atoms with Gasteiger partial charge in [0.15, 0.2) is 0 Å². The summed E-state index contributed by atoms with van der Waals surface area (Å²) in [5.41, 5.74) is 4.25. The Kier molecular flexibility index (Phi) is 3.58. The number of rotatable bonds is 2. The van der Waals surface area contributed by atoms with Crippen molar-refractivity contribution in [2.45, 2.75) is 19.4 Å². The molecule has 0 saturated carbocycles. The molecule has 19 heavy (non-hydrogen) atoms. The molecule has 0 saturated heterocycles. The molecule has 1 aliphatic rings. The van der Waals surface area contributed by atoms with Crippen LogP contribution >= 0.6 is 11.6 Å². The molecule has 1 nitrogen and oxygen atoms in total. The van der Waals surface area contributed by atoms with Crippen molar-refractivity contribution < 1.29 is 0 Å². The Bertz CT molecular complexity index is 562. The van der Waals surface area contributed by atoms with Gasteiger partial charge in [0.05, 0.1) is 6.04 Å². The van der Waals surface area contributed by atoms with Gasteiger partial charge in [-0.05, 0) is 41.8 Å². The normalized spacial score (nSPS) is 19.2. The highest BCUT2D eigenvalue weighted by molar-refractivity contribution is 6.30. The van der Waals surface area contributed by atoms with Crippen molar-refractivity contribution in [3.63, 3.8) is 0 Å². The number of likely N-dealkylation sites (N-methyl/N-ethyl adjacent to an activating group) is 1. The standard InChI is InChI=1S/C17H18ClN/c1-2-19-12-11-13-5-3-4-6-16(13)17(19)14-7-9-15(18)10-8-14/h3-10,17H,2,11-12H2,1H3. The highest BCUT2D eigenvalue weighted by atomic mass is 35.5. The zero-order chi connectivity index (χ0) is 13.2. The molecule has 0 amide bonds. The van der Waals surface area contributed by atoms with E-state index in [1.807, 2.05) is 12.1 Å². The lowest BCUT2D eigenvalue weighted by Crippen LogP contribution is -2.35. The van der Waals surface area contributed by atoms with Crippen LogP contribution in [0.5, 0.6) is 0 Å². The maximum absolute atomic E-state index is 6.01. The zero-order valence-electron chi connectivity index (χ0n) is 11.1. The van der Waals surface area contributed by atoms with E-state index < -0.39 is 0 Å². The second-order valence-corrected chi connectivity index (χ2v) is 5.47. The van der Waals surface area contributed by atoms with Crippen molar-refractivity contribution >= 4 is 11.6 Å². The molecule has 0 bridgehead atoms. The van der Waals surface area contributed by atoms with Crippen LogP contribution in [0.4, 0.5) is 0 Å². The fourth-order valence-electron chi connectivity index (χ4n) is 2.99. The molecule has 98 valence electrons. The molecule has 2 heteroatoms. The highest BCUT2D eigenvalue weighted by Crippen LogP contribution is 2.35. The van der Waals surface area contributed by atoms with Crippen LogP contribution in [0.25, 0.3) is 0 Å². The van der Waals surface area contributed by atoms with Gasteiger partial charge in [0.1, 0.15) is 0 Å². The van der Waals surface area contributed by atoms with Gasteiger partial charge < -0.3 is 0 Å². The lowest BCUT2D eigenvalue weighted by atomic mass is 9.88. The number of hydrogen-bond acceptors (Lipinski definition) is 1. The van der Waals surface area contributed by atoms with Crippen LogP contribution in [0, 0.1) is 0 Å². The van der Waals surface area contributed by atoms with Gasteiger partial charge >= 0.3 is 0 Å². The van der Waals surface area contributed by atoms with E-state index in [2.05, 4.69) is 48.2 Å². The Morgan fingerprint density at radius 1 is 1.11 bits per heavy atom. The van der Waals surface area contributed by atoms with Crippen molar-refractivity contribution in [2.75, 3.05) is 13.1 Å². The van der Waals surface area contributed by atoms with E-state index >= 15 is 0 Å². The summed E-state index contributed by atoms with van der Waals surface area (Å²) >= 11 is 6.01. The van der Waals surface area contributed by atoms with Crippen molar-refractivity contribution in [1.29, 1.82) is 0 Å². The molecule has 0 N–H and O–H groups in total. The fraction of sp³-hybridized carbons (Fsp3) is 0.294. The summed E-state index contributed by atoms with van der Waals surface area (Å²) in [5.74, 6) is 0. The predicted molar refractivity (Wildman–Crippen MR) is 80.7 cm³/mol. The molecular weight excluding hydrogens is 254 g/mol. The second kappa shape index (κ2) is 5.36. The van der Waals surface area contributed by atoms with Crippen LogP contribution in [0.15, 0.2) is 48.5 Å². The van der Waals surface area contributed by atoms with Gasteiger partial charge in [-0.15, -0.1) is 0 Å². The largest absolute Gasteiger partial charge is 0.292 e. The van der Waals surface area contributed by atoms with Crippen LogP contribution in [0.1, 0.15) is 29.7 Å². The van der Waals surface area contributed by atoms with E-state index in [1.54, 1.807) is 0 Å². The topological polar surface area (TPSA) is 3.24 Å². The van der Waals surface area contributed by atoms with Crippen LogP contribution in [-0.4, -0.2) is 18.0 Å². The Hall–Kier alpha value is -1.31. The molecule has 2 aromatic carbocycles. The summed E-state index contributed by atoms with van der Waals surface area (Å²) in [6.45, 7) is 4.43. The molecule has 1 unspecified atom stereocenters. The monoisotopic (exact) mass is 271 g/mol. The third-order valence-corrected chi connectivity index (χ3v) is 4.23. The quantitative estimate of drug-likeness (QED) is 0.787. The third-order valence-electron chi connectivity index (χ3n) is 3.98. The number of nitrogens with zero attached hydrogens (tertiary/aromatic N) is 1. The first-order valence-electron chi connectivity index (χ1n) is 6.87. The molecule has 0 radical (unpaired) electrons. The number of hydrogen-bond donors (Lipinski definition) is 0. The highest BCUT2D eigenvalue weighted by Gasteiger charge is 2.27. The van der Waals surface area contributed by atoms with E-state index in [-0.39, 0.29) is 0 Å². The smallest absolute Gasteiger partial charge is 0.0604 e. The first kappa shape index (κ1) is 12.7. The average molecular weight is 272 g/mol. The molecular formula is C17H18ClN. The fourth-order valence-corrected chi connectivity index (χ4v) is 3.12. The zero-order valence-corrected chi connectivity index (χ0v) is 11.9. The summed E-state index contributed by atoms with van der Waals surface area (Å²) in [6, 6.07) is 17.4. The van der Waals surface area contributed by atoms with Gasteiger partial charge in [0.25, 0.3) is 0 Å². The Balaban J connectivity index is 2.07. The summed E-state index contributed by atoms with van der Waals surface area (Å²) in [5, 5.41) is 0.802.